The molecule has 0 bridgehead atoms. The molecule has 0 spiro atoms. The fraction of sp³-hybridized carbons (Fsp3) is 0.421. The molecular weight excluding hydrogens is 381 g/mol. The molecule has 1 aliphatic carbocycles. The first-order chi connectivity index (χ1) is 13.6. The number of H-pyrrole nitrogens is 1. The average molecular weight is 402 g/mol. The minimum absolute atomic E-state index is 0.154. The Morgan fingerprint density at radius 1 is 1.25 bits per heavy atom. The topological polar surface area (TPSA) is 81.8 Å². The van der Waals surface area contributed by atoms with E-state index in [1.807, 2.05) is 6.07 Å². The van der Waals surface area contributed by atoms with Gasteiger partial charge in [0, 0.05) is 42.0 Å². The highest BCUT2D eigenvalue weighted by Crippen LogP contribution is 2.41. The normalized spacial score (nSPS) is 20.0. The molecule has 146 valence electrons. The van der Waals surface area contributed by atoms with E-state index in [0.717, 1.165) is 43.4 Å². The lowest BCUT2D eigenvalue weighted by molar-refractivity contribution is 0.480. The summed E-state index contributed by atoms with van der Waals surface area (Å²) in [7, 11) is 0. The molecule has 1 atom stereocenters. The number of halogens is 2. The van der Waals surface area contributed by atoms with Crippen LogP contribution in [0.1, 0.15) is 31.4 Å². The number of hydrogen-bond donors (Lipinski definition) is 3. The van der Waals surface area contributed by atoms with Gasteiger partial charge in [-0.25, -0.2) is 9.37 Å². The van der Waals surface area contributed by atoms with Crippen LogP contribution < -0.4 is 15.5 Å². The molecule has 3 N–H and O–H groups in total. The van der Waals surface area contributed by atoms with Crippen molar-refractivity contribution in [3.63, 3.8) is 0 Å². The quantitative estimate of drug-likeness (QED) is 0.620. The van der Waals surface area contributed by atoms with Crippen molar-refractivity contribution in [2.75, 3.05) is 29.9 Å². The Morgan fingerprint density at radius 2 is 2.11 bits per heavy atom. The van der Waals surface area contributed by atoms with Crippen molar-refractivity contribution in [2.24, 2.45) is 0 Å². The van der Waals surface area contributed by atoms with Crippen LogP contribution in [0.25, 0.3) is 10.9 Å². The van der Waals surface area contributed by atoms with Crippen molar-refractivity contribution >= 4 is 40.1 Å². The zero-order valence-corrected chi connectivity index (χ0v) is 16.2. The Hall–Kier alpha value is -2.45. The highest BCUT2D eigenvalue weighted by Gasteiger charge is 2.30. The molecule has 1 saturated heterocycles. The van der Waals surface area contributed by atoms with E-state index in [9.17, 15) is 4.39 Å². The van der Waals surface area contributed by atoms with E-state index < -0.39 is 0 Å². The maximum atomic E-state index is 14.8. The van der Waals surface area contributed by atoms with Gasteiger partial charge in [0.1, 0.15) is 5.82 Å². The molecule has 1 aromatic carbocycles. The highest BCUT2D eigenvalue weighted by molar-refractivity contribution is 6.31. The monoisotopic (exact) mass is 401 g/mol. The summed E-state index contributed by atoms with van der Waals surface area (Å²) in [5, 5.41) is 14.7. The standard InChI is InChI=1S/C19H21ClFN7/c1-10-9-28(7-6-22-10)19-23-14-5-4-12(20)8-13(14)17(25-19)24-18-15(21)16(26-27-18)11-2-3-11/h4-5,8,10-11,22H,2-3,6-7,9H2,1H3,(H2,23,24,25,26,27). The Balaban J connectivity index is 1.56. The van der Waals surface area contributed by atoms with Gasteiger partial charge in [0.05, 0.1) is 11.2 Å². The molecule has 28 heavy (non-hydrogen) atoms. The van der Waals surface area contributed by atoms with Crippen LogP contribution >= 0.6 is 11.6 Å². The molecule has 0 radical (unpaired) electrons. The zero-order chi connectivity index (χ0) is 19.3. The summed E-state index contributed by atoms with van der Waals surface area (Å²) in [6, 6.07) is 5.79. The summed E-state index contributed by atoms with van der Waals surface area (Å²) in [4.78, 5) is 11.5. The van der Waals surface area contributed by atoms with E-state index in [-0.39, 0.29) is 17.6 Å². The highest BCUT2D eigenvalue weighted by atomic mass is 35.5. The Labute approximate surface area is 166 Å². The molecule has 2 aromatic heterocycles. The van der Waals surface area contributed by atoms with Crippen molar-refractivity contribution in [3.05, 3.63) is 34.7 Å². The fourth-order valence-electron chi connectivity index (χ4n) is 3.62. The third-order valence-corrected chi connectivity index (χ3v) is 5.49. The number of anilines is 3. The lowest BCUT2D eigenvalue weighted by atomic mass is 10.2. The Morgan fingerprint density at radius 3 is 2.89 bits per heavy atom. The molecule has 7 nitrogen and oxygen atoms in total. The molecule has 1 unspecified atom stereocenters. The van der Waals surface area contributed by atoms with Gasteiger partial charge in [-0.1, -0.05) is 11.6 Å². The number of hydrogen-bond acceptors (Lipinski definition) is 6. The van der Waals surface area contributed by atoms with Crippen LogP contribution in [-0.4, -0.2) is 45.8 Å². The van der Waals surface area contributed by atoms with Crippen LogP contribution in [0.5, 0.6) is 0 Å². The lowest BCUT2D eigenvalue weighted by Crippen LogP contribution is -2.49. The fourth-order valence-corrected chi connectivity index (χ4v) is 3.79. The second-order valence-electron chi connectivity index (χ2n) is 7.53. The number of aromatic nitrogens is 4. The molecular formula is C19H21ClFN7. The van der Waals surface area contributed by atoms with Gasteiger partial charge in [0.2, 0.25) is 5.95 Å². The van der Waals surface area contributed by atoms with Gasteiger partial charge in [-0.05, 0) is 38.0 Å². The van der Waals surface area contributed by atoms with E-state index in [1.165, 1.54) is 0 Å². The molecule has 9 heteroatoms. The predicted molar refractivity (Wildman–Crippen MR) is 108 cm³/mol. The smallest absolute Gasteiger partial charge is 0.228 e. The number of aromatic amines is 1. The van der Waals surface area contributed by atoms with E-state index in [2.05, 4.69) is 32.7 Å². The van der Waals surface area contributed by atoms with Crippen molar-refractivity contribution in [3.8, 4) is 0 Å². The second kappa shape index (κ2) is 6.86. The Bertz CT molecular complexity index is 1030. The summed E-state index contributed by atoms with van der Waals surface area (Å²) in [6.07, 6.45) is 1.99. The maximum Gasteiger partial charge on any atom is 0.228 e. The van der Waals surface area contributed by atoms with Crippen molar-refractivity contribution < 1.29 is 4.39 Å². The zero-order valence-electron chi connectivity index (χ0n) is 15.5. The molecule has 3 heterocycles. The van der Waals surface area contributed by atoms with E-state index in [0.29, 0.717) is 28.5 Å². The largest absolute Gasteiger partial charge is 0.338 e. The molecule has 0 amide bonds. The van der Waals surface area contributed by atoms with Crippen LogP contribution in [0.2, 0.25) is 5.02 Å². The lowest BCUT2D eigenvalue weighted by Gasteiger charge is -2.32. The second-order valence-corrected chi connectivity index (χ2v) is 7.97. The number of nitrogens with zero attached hydrogens (tertiary/aromatic N) is 4. The van der Waals surface area contributed by atoms with E-state index in [4.69, 9.17) is 21.6 Å². The first-order valence-corrected chi connectivity index (χ1v) is 9.92. The van der Waals surface area contributed by atoms with Gasteiger partial charge in [-0.2, -0.15) is 10.1 Å². The minimum Gasteiger partial charge on any atom is -0.338 e. The van der Waals surface area contributed by atoms with Crippen molar-refractivity contribution in [2.45, 2.75) is 31.7 Å². The van der Waals surface area contributed by atoms with Gasteiger partial charge >= 0.3 is 0 Å². The van der Waals surface area contributed by atoms with E-state index >= 15 is 0 Å². The Kier molecular flexibility index (Phi) is 4.32. The van der Waals surface area contributed by atoms with Crippen molar-refractivity contribution in [1.29, 1.82) is 0 Å². The number of benzene rings is 1. The molecule has 1 aliphatic heterocycles. The molecule has 5 rings (SSSR count). The van der Waals surface area contributed by atoms with Crippen LogP contribution in [0.15, 0.2) is 18.2 Å². The van der Waals surface area contributed by atoms with Gasteiger partial charge in [0.15, 0.2) is 11.6 Å². The first kappa shape index (κ1) is 17.6. The van der Waals surface area contributed by atoms with Crippen molar-refractivity contribution in [1.82, 2.24) is 25.5 Å². The molecule has 2 aliphatic rings. The first-order valence-electron chi connectivity index (χ1n) is 9.55. The van der Waals surface area contributed by atoms with Gasteiger partial charge in [-0.15, -0.1) is 0 Å². The number of nitrogens with one attached hydrogen (secondary N) is 3. The SMILES string of the molecule is CC1CN(c2nc(Nc3n[nH]c(C4CC4)c3F)c3cc(Cl)ccc3n2)CCN1. The summed E-state index contributed by atoms with van der Waals surface area (Å²) >= 11 is 6.19. The van der Waals surface area contributed by atoms with Gasteiger partial charge in [-0.3, -0.25) is 5.10 Å². The summed E-state index contributed by atoms with van der Waals surface area (Å²) in [5.41, 5.74) is 1.32. The van der Waals surface area contributed by atoms with E-state index in [1.54, 1.807) is 12.1 Å². The number of fused-ring (bicyclic) bond motifs is 1. The summed E-state index contributed by atoms with van der Waals surface area (Å²) in [5.74, 6) is 1.18. The molecule has 1 saturated carbocycles. The van der Waals surface area contributed by atoms with Crippen LogP contribution in [0.4, 0.5) is 22.0 Å². The summed E-state index contributed by atoms with van der Waals surface area (Å²) in [6.45, 7) is 4.61. The average Bonchev–Trinajstić information content (AvgIpc) is 3.46. The third-order valence-electron chi connectivity index (χ3n) is 5.25. The maximum absolute atomic E-state index is 14.8. The number of rotatable bonds is 4. The van der Waals surface area contributed by atoms with Crippen LogP contribution in [-0.2, 0) is 0 Å². The third kappa shape index (κ3) is 3.27. The number of piperazine rings is 1. The minimum atomic E-state index is -0.339. The summed E-state index contributed by atoms with van der Waals surface area (Å²) < 4.78 is 14.8. The molecule has 2 fully saturated rings. The van der Waals surface area contributed by atoms with Gasteiger partial charge in [0.25, 0.3) is 0 Å². The van der Waals surface area contributed by atoms with Crippen LogP contribution in [0.3, 0.4) is 0 Å². The van der Waals surface area contributed by atoms with Crippen LogP contribution in [0, 0.1) is 5.82 Å². The molecule has 3 aromatic rings. The van der Waals surface area contributed by atoms with Gasteiger partial charge < -0.3 is 15.5 Å². The predicted octanol–water partition coefficient (Wildman–Crippen LogP) is 3.56.